The molecule has 0 fully saturated rings. The Hall–Kier alpha value is -4.77. The summed E-state index contributed by atoms with van der Waals surface area (Å²) in [6, 6.07) is 5.59. The summed E-state index contributed by atoms with van der Waals surface area (Å²) in [7, 11) is 1.26. The first-order chi connectivity index (χ1) is 14.4. The zero-order chi connectivity index (χ0) is 21.8. The minimum atomic E-state index is -0.913. The molecule has 1 aromatic carbocycles. The summed E-state index contributed by atoms with van der Waals surface area (Å²) >= 11 is 0. The number of nitrogens with zero attached hydrogens (tertiary/aromatic N) is 4. The van der Waals surface area contributed by atoms with E-state index in [1.807, 2.05) is 6.07 Å². The second-order valence-electron chi connectivity index (χ2n) is 6.08. The highest BCUT2D eigenvalue weighted by molar-refractivity contribution is 5.98. The molecule has 1 unspecified atom stereocenters. The van der Waals surface area contributed by atoms with Gasteiger partial charge in [0.25, 0.3) is 0 Å². The number of rotatable bonds is 3. The van der Waals surface area contributed by atoms with Gasteiger partial charge in [-0.15, -0.1) is 0 Å². The van der Waals surface area contributed by atoms with Crippen LogP contribution in [0.25, 0.3) is 6.08 Å². The second kappa shape index (κ2) is 8.08. The molecule has 11 nitrogen and oxygen atoms in total. The summed E-state index contributed by atoms with van der Waals surface area (Å²) in [4.78, 5) is 19.9. The van der Waals surface area contributed by atoms with Crippen LogP contribution in [0.2, 0.25) is 0 Å². The zero-order valence-corrected chi connectivity index (χ0v) is 15.7. The van der Waals surface area contributed by atoms with Gasteiger partial charge in [-0.3, -0.25) is 5.32 Å². The summed E-state index contributed by atoms with van der Waals surface area (Å²) in [5.74, 6) is -0.495. The van der Waals surface area contributed by atoms with Crippen LogP contribution in [0.15, 0.2) is 29.3 Å². The van der Waals surface area contributed by atoms with Gasteiger partial charge in [0.15, 0.2) is 6.19 Å². The molecule has 0 bridgehead atoms. The lowest BCUT2D eigenvalue weighted by molar-refractivity contribution is -0.134. The first kappa shape index (κ1) is 20.0. The number of ether oxygens (including phenoxy) is 1. The maximum absolute atomic E-state index is 11.4. The number of benzene rings is 1. The highest BCUT2D eigenvalue weighted by Crippen LogP contribution is 2.43. The number of hydrogen-bond acceptors (Lipinski definition) is 11. The van der Waals surface area contributed by atoms with Gasteiger partial charge in [0, 0.05) is 17.2 Å². The van der Waals surface area contributed by atoms with E-state index < -0.39 is 12.0 Å². The molecule has 0 saturated carbocycles. The zero-order valence-electron chi connectivity index (χ0n) is 15.7. The van der Waals surface area contributed by atoms with Crippen LogP contribution in [0, 0.1) is 22.8 Å². The Morgan fingerprint density at radius 1 is 1.40 bits per heavy atom. The minimum Gasteiger partial charge on any atom is -0.508 e. The van der Waals surface area contributed by atoms with E-state index in [0.717, 1.165) is 0 Å². The van der Waals surface area contributed by atoms with Gasteiger partial charge in [-0.25, -0.2) is 14.8 Å². The molecule has 0 spiro atoms. The van der Waals surface area contributed by atoms with Crippen molar-refractivity contribution in [2.24, 2.45) is 4.99 Å². The molecule has 0 saturated heterocycles. The molecule has 1 aliphatic rings. The van der Waals surface area contributed by atoms with Crippen LogP contribution in [-0.2, 0) is 9.53 Å². The van der Waals surface area contributed by atoms with Gasteiger partial charge in [-0.2, -0.15) is 10.5 Å². The molecular formula is C19H16N8O3. The van der Waals surface area contributed by atoms with Gasteiger partial charge in [-0.1, -0.05) is 6.07 Å². The van der Waals surface area contributed by atoms with E-state index in [1.54, 1.807) is 18.3 Å². The van der Waals surface area contributed by atoms with Crippen LogP contribution in [0.5, 0.6) is 5.75 Å². The summed E-state index contributed by atoms with van der Waals surface area (Å²) in [5.41, 5.74) is 13.2. The van der Waals surface area contributed by atoms with E-state index in [2.05, 4.69) is 25.3 Å². The van der Waals surface area contributed by atoms with Gasteiger partial charge in [-0.05, 0) is 23.8 Å². The first-order valence-electron chi connectivity index (χ1n) is 8.47. The van der Waals surface area contributed by atoms with Crippen LogP contribution < -0.4 is 22.1 Å². The van der Waals surface area contributed by atoms with Crippen LogP contribution >= 0.6 is 0 Å². The maximum Gasteiger partial charge on any atom is 0.330 e. The number of pyridine rings is 1. The molecule has 7 N–H and O–H groups in total. The van der Waals surface area contributed by atoms with Crippen LogP contribution in [0.1, 0.15) is 28.3 Å². The third-order valence-corrected chi connectivity index (χ3v) is 4.32. The van der Waals surface area contributed by atoms with Gasteiger partial charge in [0.1, 0.15) is 35.1 Å². The van der Waals surface area contributed by atoms with Crippen molar-refractivity contribution in [1.29, 1.82) is 10.5 Å². The normalized spacial score (nSPS) is 14.6. The van der Waals surface area contributed by atoms with Gasteiger partial charge in [0.05, 0.1) is 12.8 Å². The number of carbonyl (C=O) groups excluding carboxylic acids is 1. The van der Waals surface area contributed by atoms with Gasteiger partial charge < -0.3 is 26.6 Å². The average molecular weight is 404 g/mol. The Kier molecular flexibility index (Phi) is 5.38. The molecule has 11 heteroatoms. The van der Waals surface area contributed by atoms with Crippen molar-refractivity contribution >= 4 is 35.3 Å². The molecule has 2 aromatic rings. The average Bonchev–Trinajstić information content (AvgIpc) is 2.72. The minimum absolute atomic E-state index is 0.0197. The number of nitrogens with one attached hydrogen (secondary N) is 2. The number of aromatic hydroxyl groups is 1. The summed E-state index contributed by atoms with van der Waals surface area (Å²) in [5, 5.41) is 34.0. The number of carbonyl (C=O) groups is 1. The van der Waals surface area contributed by atoms with E-state index in [0.29, 0.717) is 16.7 Å². The summed E-state index contributed by atoms with van der Waals surface area (Å²) in [6.45, 7) is 0. The highest BCUT2D eigenvalue weighted by atomic mass is 16.5. The number of hydrogen-bond donors (Lipinski definition) is 5. The van der Waals surface area contributed by atoms with Crippen LogP contribution in [0.3, 0.4) is 0 Å². The Labute approximate surface area is 170 Å². The lowest BCUT2D eigenvalue weighted by Gasteiger charge is -2.26. The van der Waals surface area contributed by atoms with Crippen molar-refractivity contribution in [3.63, 3.8) is 0 Å². The summed E-state index contributed by atoms with van der Waals surface area (Å²) in [6.07, 6.45) is 4.47. The lowest BCUT2D eigenvalue weighted by Crippen LogP contribution is -2.32. The number of fused-ring (bicyclic) bond motifs is 1. The first-order valence-corrected chi connectivity index (χ1v) is 8.47. The van der Waals surface area contributed by atoms with Gasteiger partial charge in [0.2, 0.25) is 5.96 Å². The molecule has 1 aromatic heterocycles. The third kappa shape index (κ3) is 3.63. The van der Waals surface area contributed by atoms with Crippen molar-refractivity contribution in [2.45, 2.75) is 6.04 Å². The topological polar surface area (TPSA) is 195 Å². The fourth-order valence-corrected chi connectivity index (χ4v) is 2.93. The van der Waals surface area contributed by atoms with Crippen molar-refractivity contribution in [1.82, 2.24) is 10.3 Å². The number of nitriles is 2. The molecule has 0 amide bonds. The SMILES string of the molecule is COC(=O)C=Cc1ccc(O)c(C2N=C(NC#N)Nc3nc(N)c(C#N)c(N)c32)c1. The van der Waals surface area contributed by atoms with E-state index in [1.165, 1.54) is 25.3 Å². The van der Waals surface area contributed by atoms with E-state index >= 15 is 0 Å². The lowest BCUT2D eigenvalue weighted by atomic mass is 9.93. The molecule has 30 heavy (non-hydrogen) atoms. The summed E-state index contributed by atoms with van der Waals surface area (Å²) < 4.78 is 4.57. The van der Waals surface area contributed by atoms with Crippen molar-refractivity contribution in [2.75, 3.05) is 23.9 Å². The quantitative estimate of drug-likeness (QED) is 0.212. The van der Waals surface area contributed by atoms with Crippen molar-refractivity contribution in [3.8, 4) is 18.0 Å². The number of aliphatic imine (C=N–C) groups is 1. The van der Waals surface area contributed by atoms with E-state index in [-0.39, 0.29) is 34.6 Å². The molecule has 1 aliphatic heterocycles. The molecule has 2 heterocycles. The number of nitrogen functional groups attached to an aromatic ring is 2. The molecular weight excluding hydrogens is 388 g/mol. The van der Waals surface area contributed by atoms with E-state index in [9.17, 15) is 15.2 Å². The smallest absolute Gasteiger partial charge is 0.330 e. The molecule has 0 radical (unpaired) electrons. The molecule has 1 atom stereocenters. The fraction of sp³-hybridized carbons (Fsp3) is 0.105. The highest BCUT2D eigenvalue weighted by Gasteiger charge is 2.31. The molecule has 0 aliphatic carbocycles. The number of nitrogens with two attached hydrogens (primary N) is 2. The van der Waals surface area contributed by atoms with Gasteiger partial charge >= 0.3 is 5.97 Å². The predicted octanol–water partition coefficient (Wildman–Crippen LogP) is 0.951. The third-order valence-electron chi connectivity index (χ3n) is 4.32. The number of phenols is 1. The number of phenolic OH excluding ortho intramolecular Hbond substituents is 1. The number of aromatic nitrogens is 1. The predicted molar refractivity (Wildman–Crippen MR) is 109 cm³/mol. The standard InChI is InChI=1S/C19H16N8O3/c1-30-13(29)5-3-9-2-4-12(28)10(6-9)16-14-15(22)11(7-20)17(23)26-18(14)27-19(25-16)24-8-21/h2-6,16,28H,1H3,(H6,22,23,24,25,26,27). The molecule has 150 valence electrons. The maximum atomic E-state index is 11.4. The van der Waals surface area contributed by atoms with Crippen molar-refractivity contribution < 1.29 is 14.6 Å². The number of methoxy groups -OCH3 is 1. The largest absolute Gasteiger partial charge is 0.508 e. The van der Waals surface area contributed by atoms with Crippen LogP contribution in [-0.4, -0.2) is 29.1 Å². The number of esters is 1. The Morgan fingerprint density at radius 2 is 2.17 bits per heavy atom. The van der Waals surface area contributed by atoms with E-state index in [4.69, 9.17) is 16.7 Å². The number of guanidine groups is 1. The molecule has 3 rings (SSSR count). The van der Waals surface area contributed by atoms with Crippen molar-refractivity contribution in [3.05, 3.63) is 46.5 Å². The Morgan fingerprint density at radius 3 is 2.83 bits per heavy atom. The Bertz CT molecular complexity index is 1170. The second-order valence-corrected chi connectivity index (χ2v) is 6.08. The van der Waals surface area contributed by atoms with Crippen LogP contribution in [0.4, 0.5) is 17.3 Å². The Balaban J connectivity index is 2.20. The monoisotopic (exact) mass is 404 g/mol. The fourth-order valence-electron chi connectivity index (χ4n) is 2.93. The number of anilines is 3.